The lowest BCUT2D eigenvalue weighted by atomic mass is 10.2. The van der Waals surface area contributed by atoms with Crippen molar-refractivity contribution in [2.24, 2.45) is 0 Å². The quantitative estimate of drug-likeness (QED) is 0.740. The third-order valence-corrected chi connectivity index (χ3v) is 3.28. The Bertz CT molecular complexity index is 673. The number of thiophene rings is 1. The SMILES string of the molecule is Oc1ccc(-c2noc(-c3sccc3O)n2)cc1. The molecule has 18 heavy (non-hydrogen) atoms. The summed E-state index contributed by atoms with van der Waals surface area (Å²) in [7, 11) is 0. The summed E-state index contributed by atoms with van der Waals surface area (Å²) in [6.07, 6.45) is 0. The third-order valence-electron chi connectivity index (χ3n) is 2.39. The number of hydrogen-bond donors (Lipinski definition) is 2. The molecular weight excluding hydrogens is 252 g/mol. The number of hydrogen-bond acceptors (Lipinski definition) is 6. The molecule has 3 aromatic rings. The first-order valence-corrected chi connectivity index (χ1v) is 6.02. The number of nitrogens with zero attached hydrogens (tertiary/aromatic N) is 2. The molecule has 0 aliphatic heterocycles. The van der Waals surface area contributed by atoms with Crippen LogP contribution in [0.25, 0.3) is 22.2 Å². The fourth-order valence-electron chi connectivity index (χ4n) is 1.51. The molecule has 2 heterocycles. The van der Waals surface area contributed by atoms with Crippen molar-refractivity contribution in [3.63, 3.8) is 0 Å². The van der Waals surface area contributed by atoms with E-state index in [1.54, 1.807) is 35.7 Å². The minimum absolute atomic E-state index is 0.126. The van der Waals surface area contributed by atoms with Crippen LogP contribution in [0.5, 0.6) is 11.5 Å². The van der Waals surface area contributed by atoms with Gasteiger partial charge < -0.3 is 14.7 Å². The van der Waals surface area contributed by atoms with Crippen molar-refractivity contribution in [1.29, 1.82) is 0 Å². The van der Waals surface area contributed by atoms with Gasteiger partial charge in [0.25, 0.3) is 5.89 Å². The maximum absolute atomic E-state index is 9.57. The highest BCUT2D eigenvalue weighted by atomic mass is 32.1. The van der Waals surface area contributed by atoms with E-state index in [0.29, 0.717) is 10.7 Å². The Labute approximate surface area is 106 Å². The molecule has 0 atom stereocenters. The number of benzene rings is 1. The highest BCUT2D eigenvalue weighted by molar-refractivity contribution is 7.13. The molecule has 0 aliphatic rings. The predicted octanol–water partition coefficient (Wildman–Crippen LogP) is 2.88. The molecule has 1 aromatic carbocycles. The normalized spacial score (nSPS) is 10.7. The Morgan fingerprint density at radius 3 is 2.50 bits per heavy atom. The van der Waals surface area contributed by atoms with Crippen LogP contribution in [-0.2, 0) is 0 Å². The smallest absolute Gasteiger partial charge is 0.272 e. The van der Waals surface area contributed by atoms with E-state index in [4.69, 9.17) is 4.52 Å². The minimum Gasteiger partial charge on any atom is -0.508 e. The van der Waals surface area contributed by atoms with Crippen LogP contribution >= 0.6 is 11.3 Å². The lowest BCUT2D eigenvalue weighted by Crippen LogP contribution is -1.79. The number of aromatic nitrogens is 2. The van der Waals surface area contributed by atoms with E-state index in [1.165, 1.54) is 11.3 Å². The fourth-order valence-corrected chi connectivity index (χ4v) is 2.21. The van der Waals surface area contributed by atoms with Gasteiger partial charge in [0.2, 0.25) is 5.82 Å². The molecular formula is C12H8N2O3S. The Morgan fingerprint density at radius 1 is 1.06 bits per heavy atom. The van der Waals surface area contributed by atoms with Gasteiger partial charge in [-0.3, -0.25) is 0 Å². The number of phenols is 1. The van der Waals surface area contributed by atoms with Crippen LogP contribution in [0.2, 0.25) is 0 Å². The second kappa shape index (κ2) is 4.15. The molecule has 0 bridgehead atoms. The number of rotatable bonds is 2. The Morgan fingerprint density at radius 2 is 1.83 bits per heavy atom. The summed E-state index contributed by atoms with van der Waals surface area (Å²) in [6.45, 7) is 0. The van der Waals surface area contributed by atoms with E-state index < -0.39 is 0 Å². The van der Waals surface area contributed by atoms with Gasteiger partial charge in [0.05, 0.1) is 0 Å². The van der Waals surface area contributed by atoms with Gasteiger partial charge in [-0.2, -0.15) is 4.98 Å². The van der Waals surface area contributed by atoms with Gasteiger partial charge >= 0.3 is 0 Å². The van der Waals surface area contributed by atoms with E-state index in [9.17, 15) is 10.2 Å². The first-order chi connectivity index (χ1) is 8.74. The van der Waals surface area contributed by atoms with E-state index in [1.807, 2.05) is 0 Å². The summed E-state index contributed by atoms with van der Waals surface area (Å²) in [5, 5.41) is 24.4. The molecule has 0 radical (unpaired) electrons. The van der Waals surface area contributed by atoms with Crippen molar-refractivity contribution >= 4 is 11.3 Å². The van der Waals surface area contributed by atoms with Crippen LogP contribution in [0, 0.1) is 0 Å². The maximum Gasteiger partial charge on any atom is 0.272 e. The largest absolute Gasteiger partial charge is 0.508 e. The topological polar surface area (TPSA) is 79.4 Å². The zero-order valence-corrected chi connectivity index (χ0v) is 9.89. The molecule has 2 N–H and O–H groups in total. The van der Waals surface area contributed by atoms with Gasteiger partial charge in [-0.25, -0.2) is 0 Å². The molecule has 6 heteroatoms. The molecule has 3 rings (SSSR count). The summed E-state index contributed by atoms with van der Waals surface area (Å²) in [6, 6.07) is 8.06. The van der Waals surface area contributed by atoms with Crippen molar-refractivity contribution in [3.8, 4) is 33.7 Å². The standard InChI is InChI=1S/C12H8N2O3S/c15-8-3-1-7(2-4-8)11-13-12(17-14-11)10-9(16)5-6-18-10/h1-6,15-16H. The van der Waals surface area contributed by atoms with Crippen LogP contribution in [-0.4, -0.2) is 20.4 Å². The first kappa shape index (κ1) is 10.8. The van der Waals surface area contributed by atoms with Crippen molar-refractivity contribution in [2.75, 3.05) is 0 Å². The van der Waals surface area contributed by atoms with E-state index >= 15 is 0 Å². The monoisotopic (exact) mass is 260 g/mol. The van der Waals surface area contributed by atoms with Gasteiger partial charge in [0.1, 0.15) is 16.4 Å². The lowest BCUT2D eigenvalue weighted by molar-refractivity contribution is 0.427. The van der Waals surface area contributed by atoms with Crippen LogP contribution in [0.3, 0.4) is 0 Å². The molecule has 90 valence electrons. The Hall–Kier alpha value is -2.34. The van der Waals surface area contributed by atoms with Gasteiger partial charge in [-0.1, -0.05) is 5.16 Å². The molecule has 0 saturated carbocycles. The van der Waals surface area contributed by atoms with E-state index in [0.717, 1.165) is 5.56 Å². The van der Waals surface area contributed by atoms with Gasteiger partial charge in [0.15, 0.2) is 0 Å². The maximum atomic E-state index is 9.57. The molecule has 0 aliphatic carbocycles. The van der Waals surface area contributed by atoms with Gasteiger partial charge in [0, 0.05) is 5.56 Å². The Kier molecular flexibility index (Phi) is 2.49. The van der Waals surface area contributed by atoms with Crippen LogP contribution in [0.4, 0.5) is 0 Å². The molecule has 0 amide bonds. The number of phenolic OH excluding ortho intramolecular Hbond substituents is 1. The predicted molar refractivity (Wildman–Crippen MR) is 66.4 cm³/mol. The Balaban J connectivity index is 1.99. The summed E-state index contributed by atoms with van der Waals surface area (Å²) >= 11 is 1.33. The van der Waals surface area contributed by atoms with Crippen molar-refractivity contribution < 1.29 is 14.7 Å². The summed E-state index contributed by atoms with van der Waals surface area (Å²) in [4.78, 5) is 4.75. The second-order valence-electron chi connectivity index (χ2n) is 3.60. The molecule has 0 fully saturated rings. The fraction of sp³-hybridized carbons (Fsp3) is 0. The molecule has 2 aromatic heterocycles. The van der Waals surface area contributed by atoms with Crippen molar-refractivity contribution in [1.82, 2.24) is 10.1 Å². The van der Waals surface area contributed by atoms with Crippen molar-refractivity contribution in [3.05, 3.63) is 35.7 Å². The highest BCUT2D eigenvalue weighted by Crippen LogP contribution is 2.34. The molecule has 0 saturated heterocycles. The summed E-state index contributed by atoms with van der Waals surface area (Å²) < 4.78 is 5.10. The van der Waals surface area contributed by atoms with Crippen molar-refractivity contribution in [2.45, 2.75) is 0 Å². The van der Waals surface area contributed by atoms with Crippen LogP contribution in [0.15, 0.2) is 40.2 Å². The zero-order chi connectivity index (χ0) is 12.5. The lowest BCUT2D eigenvalue weighted by Gasteiger charge is -1.93. The average Bonchev–Trinajstić information content (AvgIpc) is 2.98. The molecule has 5 nitrogen and oxygen atoms in total. The first-order valence-electron chi connectivity index (χ1n) is 5.14. The van der Waals surface area contributed by atoms with Gasteiger partial charge in [-0.15, -0.1) is 11.3 Å². The van der Waals surface area contributed by atoms with Gasteiger partial charge in [-0.05, 0) is 35.7 Å². The molecule has 0 spiro atoms. The molecule has 0 unspecified atom stereocenters. The minimum atomic E-state index is 0.126. The summed E-state index contributed by atoms with van der Waals surface area (Å²) in [5.74, 6) is 1.00. The summed E-state index contributed by atoms with van der Waals surface area (Å²) in [5.41, 5.74) is 0.735. The zero-order valence-electron chi connectivity index (χ0n) is 9.07. The second-order valence-corrected chi connectivity index (χ2v) is 4.52. The van der Waals surface area contributed by atoms with E-state index in [2.05, 4.69) is 10.1 Å². The van der Waals surface area contributed by atoms with Crippen LogP contribution in [0.1, 0.15) is 0 Å². The number of aromatic hydroxyl groups is 2. The van der Waals surface area contributed by atoms with Crippen LogP contribution < -0.4 is 0 Å². The average molecular weight is 260 g/mol. The third kappa shape index (κ3) is 1.82. The van der Waals surface area contributed by atoms with E-state index in [-0.39, 0.29) is 17.4 Å². The highest BCUT2D eigenvalue weighted by Gasteiger charge is 2.14.